The second-order valence-electron chi connectivity index (χ2n) is 7.35. The Kier molecular flexibility index (Phi) is 8.44. The number of hydrogen-bond acceptors (Lipinski definition) is 6. The molecule has 2 aromatic carbocycles. The Balaban J connectivity index is 1.69. The van der Waals surface area contributed by atoms with Crippen LogP contribution < -0.4 is 9.47 Å². The van der Waals surface area contributed by atoms with E-state index in [1.807, 2.05) is 12.1 Å². The van der Waals surface area contributed by atoms with Crippen LogP contribution in [-0.2, 0) is 14.8 Å². The van der Waals surface area contributed by atoms with E-state index in [2.05, 4.69) is 6.92 Å². The number of allylic oxidation sites excluding steroid dienone is 1. The summed E-state index contributed by atoms with van der Waals surface area (Å²) in [5, 5.41) is 0. The number of nitrogens with zero attached hydrogens (tertiary/aromatic N) is 1. The van der Waals surface area contributed by atoms with Crippen LogP contribution in [0.3, 0.4) is 0 Å². The zero-order valence-electron chi connectivity index (χ0n) is 18.5. The first-order chi connectivity index (χ1) is 15.5. The SMILES string of the molecule is CCCCOc1cc(/C=C/C(=O)c2ccc(S(=O)(=O)N3CCOCC3)cc2)ccc1OC. The van der Waals surface area contributed by atoms with Crippen molar-refractivity contribution in [1.29, 1.82) is 0 Å². The highest BCUT2D eigenvalue weighted by atomic mass is 32.2. The number of methoxy groups -OCH3 is 1. The lowest BCUT2D eigenvalue weighted by Crippen LogP contribution is -2.40. The molecule has 0 unspecified atom stereocenters. The Morgan fingerprint density at radius 3 is 2.47 bits per heavy atom. The molecule has 0 N–H and O–H groups in total. The topological polar surface area (TPSA) is 82.1 Å². The molecular weight excluding hydrogens is 430 g/mol. The molecule has 0 saturated carbocycles. The molecule has 2 aromatic rings. The maximum atomic E-state index is 12.7. The van der Waals surface area contributed by atoms with Crippen LogP contribution in [0.15, 0.2) is 53.4 Å². The Hall–Kier alpha value is -2.68. The van der Waals surface area contributed by atoms with Gasteiger partial charge in [-0.15, -0.1) is 0 Å². The number of ketones is 1. The number of sulfonamides is 1. The number of carbonyl (C=O) groups excluding carboxylic acids is 1. The van der Waals surface area contributed by atoms with E-state index < -0.39 is 10.0 Å². The maximum absolute atomic E-state index is 12.7. The largest absolute Gasteiger partial charge is 0.493 e. The van der Waals surface area contributed by atoms with Crippen molar-refractivity contribution in [3.05, 3.63) is 59.7 Å². The summed E-state index contributed by atoms with van der Waals surface area (Å²) in [4.78, 5) is 12.8. The lowest BCUT2D eigenvalue weighted by molar-refractivity contribution is 0.0730. The number of rotatable bonds is 10. The van der Waals surface area contributed by atoms with Gasteiger partial charge in [-0.2, -0.15) is 4.31 Å². The monoisotopic (exact) mass is 459 g/mol. The molecule has 0 aromatic heterocycles. The van der Waals surface area contributed by atoms with Crippen LogP contribution in [0.25, 0.3) is 6.08 Å². The highest BCUT2D eigenvalue weighted by Gasteiger charge is 2.26. The maximum Gasteiger partial charge on any atom is 0.243 e. The van der Waals surface area contributed by atoms with Crippen LogP contribution in [-0.4, -0.2) is 58.5 Å². The summed E-state index contributed by atoms with van der Waals surface area (Å²) >= 11 is 0. The third-order valence-electron chi connectivity index (χ3n) is 5.12. The van der Waals surface area contributed by atoms with Crippen molar-refractivity contribution in [1.82, 2.24) is 4.31 Å². The van der Waals surface area contributed by atoms with Crippen molar-refractivity contribution < 1.29 is 27.4 Å². The number of hydrogen-bond donors (Lipinski definition) is 0. The van der Waals surface area contributed by atoms with Crippen LogP contribution in [0.2, 0.25) is 0 Å². The highest BCUT2D eigenvalue weighted by Crippen LogP contribution is 2.29. The summed E-state index contributed by atoms with van der Waals surface area (Å²) in [6.07, 6.45) is 5.14. The summed E-state index contributed by atoms with van der Waals surface area (Å²) in [6, 6.07) is 11.5. The molecule has 0 atom stereocenters. The third kappa shape index (κ3) is 5.97. The van der Waals surface area contributed by atoms with Crippen molar-refractivity contribution in [2.24, 2.45) is 0 Å². The van der Waals surface area contributed by atoms with Gasteiger partial charge < -0.3 is 14.2 Å². The van der Waals surface area contributed by atoms with E-state index in [4.69, 9.17) is 14.2 Å². The van der Waals surface area contributed by atoms with Gasteiger partial charge in [-0.05, 0) is 54.5 Å². The summed E-state index contributed by atoms with van der Waals surface area (Å²) in [5.74, 6) is 1.06. The fourth-order valence-corrected chi connectivity index (χ4v) is 4.64. The Morgan fingerprint density at radius 2 is 1.81 bits per heavy atom. The van der Waals surface area contributed by atoms with E-state index in [0.29, 0.717) is 50.0 Å². The molecule has 3 rings (SSSR count). The number of morpholine rings is 1. The number of benzene rings is 2. The van der Waals surface area contributed by atoms with Crippen LogP contribution in [0.5, 0.6) is 11.5 Å². The summed E-state index contributed by atoms with van der Waals surface area (Å²) < 4.78 is 43.1. The Bertz CT molecular complexity index is 1040. The van der Waals surface area contributed by atoms with Crippen molar-refractivity contribution in [2.75, 3.05) is 40.0 Å². The minimum Gasteiger partial charge on any atom is -0.493 e. The lowest BCUT2D eigenvalue weighted by Gasteiger charge is -2.26. The molecule has 0 aliphatic carbocycles. The quantitative estimate of drug-likeness (QED) is 0.305. The molecule has 172 valence electrons. The molecule has 0 spiro atoms. The molecule has 0 bridgehead atoms. The van der Waals surface area contributed by atoms with Gasteiger partial charge >= 0.3 is 0 Å². The van der Waals surface area contributed by atoms with Gasteiger partial charge in [0.05, 0.1) is 31.8 Å². The molecule has 1 saturated heterocycles. The predicted molar refractivity (Wildman–Crippen MR) is 123 cm³/mol. The van der Waals surface area contributed by atoms with E-state index in [0.717, 1.165) is 18.4 Å². The summed E-state index contributed by atoms with van der Waals surface area (Å²) in [7, 11) is -2.00. The second-order valence-corrected chi connectivity index (χ2v) is 9.29. The van der Waals surface area contributed by atoms with Gasteiger partial charge in [-0.1, -0.05) is 25.5 Å². The first-order valence-corrected chi connectivity index (χ1v) is 12.1. The predicted octanol–water partition coefficient (Wildman–Crippen LogP) is 3.79. The molecule has 7 nitrogen and oxygen atoms in total. The van der Waals surface area contributed by atoms with Crippen molar-refractivity contribution in [3.63, 3.8) is 0 Å². The molecule has 32 heavy (non-hydrogen) atoms. The van der Waals surface area contributed by atoms with Crippen LogP contribution in [0, 0.1) is 0 Å². The average molecular weight is 460 g/mol. The summed E-state index contributed by atoms with van der Waals surface area (Å²) in [5.41, 5.74) is 1.22. The number of unbranched alkanes of at least 4 members (excludes halogenated alkanes) is 1. The van der Waals surface area contributed by atoms with Gasteiger partial charge in [0.1, 0.15) is 0 Å². The van der Waals surface area contributed by atoms with Crippen molar-refractivity contribution in [3.8, 4) is 11.5 Å². The van der Waals surface area contributed by atoms with Gasteiger partial charge in [0.15, 0.2) is 17.3 Å². The fourth-order valence-electron chi connectivity index (χ4n) is 3.23. The first kappa shape index (κ1) is 24.0. The molecule has 0 amide bonds. The van der Waals surface area contributed by atoms with E-state index in [1.165, 1.54) is 34.6 Å². The van der Waals surface area contributed by atoms with Gasteiger partial charge in [-0.3, -0.25) is 4.79 Å². The van der Waals surface area contributed by atoms with Gasteiger partial charge in [0, 0.05) is 18.7 Å². The smallest absolute Gasteiger partial charge is 0.243 e. The molecule has 1 aliphatic heterocycles. The highest BCUT2D eigenvalue weighted by molar-refractivity contribution is 7.89. The first-order valence-electron chi connectivity index (χ1n) is 10.7. The zero-order valence-corrected chi connectivity index (χ0v) is 19.3. The molecule has 1 heterocycles. The standard InChI is InChI=1S/C24H29NO6S/c1-3-4-15-31-24-18-19(6-12-23(24)29-2)5-11-22(26)20-7-9-21(10-8-20)32(27,28)25-13-16-30-17-14-25/h5-12,18H,3-4,13-17H2,1-2H3/b11-5+. The van der Waals surface area contributed by atoms with Crippen molar-refractivity contribution >= 4 is 21.9 Å². The van der Waals surface area contributed by atoms with Gasteiger partial charge in [0.25, 0.3) is 0 Å². The molecule has 1 fully saturated rings. The van der Waals surface area contributed by atoms with E-state index in [9.17, 15) is 13.2 Å². The number of ether oxygens (including phenoxy) is 3. The number of carbonyl (C=O) groups is 1. The molecule has 0 radical (unpaired) electrons. The van der Waals surface area contributed by atoms with Gasteiger partial charge in [-0.25, -0.2) is 8.42 Å². The Morgan fingerprint density at radius 1 is 1.09 bits per heavy atom. The second kappa shape index (κ2) is 11.3. The van der Waals surface area contributed by atoms with E-state index in [1.54, 1.807) is 19.3 Å². The lowest BCUT2D eigenvalue weighted by atomic mass is 10.1. The minimum absolute atomic E-state index is 0.170. The van der Waals surface area contributed by atoms with Crippen LogP contribution in [0.4, 0.5) is 0 Å². The van der Waals surface area contributed by atoms with Crippen LogP contribution >= 0.6 is 0 Å². The zero-order chi connectivity index (χ0) is 23.0. The minimum atomic E-state index is -3.58. The van der Waals surface area contributed by atoms with Crippen molar-refractivity contribution in [2.45, 2.75) is 24.7 Å². The molecule has 1 aliphatic rings. The van der Waals surface area contributed by atoms with E-state index >= 15 is 0 Å². The third-order valence-corrected chi connectivity index (χ3v) is 7.03. The van der Waals surface area contributed by atoms with E-state index in [-0.39, 0.29) is 10.7 Å². The fraction of sp³-hybridized carbons (Fsp3) is 0.375. The molecular formula is C24H29NO6S. The molecule has 8 heteroatoms. The normalized spacial score (nSPS) is 15.1. The van der Waals surface area contributed by atoms with Gasteiger partial charge in [0.2, 0.25) is 10.0 Å². The summed E-state index contributed by atoms with van der Waals surface area (Å²) in [6.45, 7) is 4.12. The van der Waals surface area contributed by atoms with Crippen LogP contribution in [0.1, 0.15) is 35.7 Å². The average Bonchev–Trinajstić information content (AvgIpc) is 2.83. The Labute approximate surface area is 189 Å².